The second-order valence-electron chi connectivity index (χ2n) is 6.15. The van der Waals surface area contributed by atoms with E-state index in [9.17, 15) is 0 Å². The molecule has 2 aliphatic rings. The van der Waals surface area contributed by atoms with Gasteiger partial charge in [0.1, 0.15) is 12.1 Å². The van der Waals surface area contributed by atoms with Crippen LogP contribution in [0.2, 0.25) is 0 Å². The van der Waals surface area contributed by atoms with Crippen molar-refractivity contribution in [2.45, 2.75) is 19.3 Å². The molecule has 4 rings (SSSR count). The molecule has 2 fully saturated rings. The molecule has 2 atom stereocenters. The largest absolute Gasteiger partial charge is 0.362 e. The minimum Gasteiger partial charge on any atom is -0.362 e. The first kappa shape index (κ1) is 16.3. The van der Waals surface area contributed by atoms with E-state index < -0.39 is 0 Å². The molecule has 7 heteroatoms. The summed E-state index contributed by atoms with van der Waals surface area (Å²) < 4.78 is 2.02. The van der Waals surface area contributed by atoms with Crippen LogP contribution < -0.4 is 10.2 Å². The van der Waals surface area contributed by atoms with Crippen LogP contribution in [0.4, 0.5) is 5.82 Å². The van der Waals surface area contributed by atoms with Crippen molar-refractivity contribution in [2.24, 2.45) is 11.8 Å². The van der Waals surface area contributed by atoms with Crippen LogP contribution in [-0.2, 0) is 0 Å². The molecule has 2 aromatic rings. The van der Waals surface area contributed by atoms with Crippen LogP contribution in [0, 0.1) is 11.8 Å². The topological polar surface area (TPSA) is 46.0 Å². The summed E-state index contributed by atoms with van der Waals surface area (Å²) in [7, 11) is 5.57. The van der Waals surface area contributed by atoms with Gasteiger partial charge in [0.2, 0.25) is 0 Å². The molecule has 22 heavy (non-hydrogen) atoms. The van der Waals surface area contributed by atoms with E-state index in [4.69, 9.17) is 0 Å². The molecule has 0 radical (unpaired) electrons. The van der Waals surface area contributed by atoms with Crippen molar-refractivity contribution in [3.8, 4) is 0 Å². The predicted octanol–water partition coefficient (Wildman–Crippen LogP) is 3.35. The number of halogens is 1. The van der Waals surface area contributed by atoms with E-state index in [1.807, 2.05) is 35.2 Å². The zero-order chi connectivity index (χ0) is 15.5. The first-order valence-electron chi connectivity index (χ1n) is 7.70. The van der Waals surface area contributed by atoms with Crippen LogP contribution in [-0.4, -0.2) is 41.1 Å². The van der Waals surface area contributed by atoms with Gasteiger partial charge in [-0.15, -0.1) is 0 Å². The number of fused-ring (bicyclic) bond motifs is 2. The lowest BCUT2D eigenvalue weighted by Crippen LogP contribution is -2.11. The van der Waals surface area contributed by atoms with E-state index in [0.29, 0.717) is 0 Å². The molecule has 3 heterocycles. The van der Waals surface area contributed by atoms with Crippen molar-refractivity contribution in [1.29, 1.82) is 0 Å². The molecule has 1 aliphatic heterocycles. The maximum atomic E-state index is 4.25. The zero-order valence-corrected chi connectivity index (χ0v) is 16.0. The van der Waals surface area contributed by atoms with Gasteiger partial charge >= 0.3 is 0 Å². The highest BCUT2D eigenvalue weighted by molar-refractivity contribution is 14.2. The van der Waals surface area contributed by atoms with E-state index in [-0.39, 0.29) is 0 Å². The molecule has 1 saturated carbocycles. The van der Waals surface area contributed by atoms with Crippen molar-refractivity contribution < 1.29 is 0 Å². The fraction of sp³-hybridized carbons (Fsp3) is 0.600. The standard InChI is InChI=1S/C8H9IN4S.C7H13N/c1-12(2)7-6-3-4-13(14-9)8(6)11-5-10-7;1-2-6-4-8-5-7(6)3-1/h3-5H,1-2H3;6-8H,1-5H2/t;6-,7+. The SMILES string of the molecule is C1C[C@@H]2CNC[C@@H]2C1.CN(C)c1ncnc2c1ccn2SI. The van der Waals surface area contributed by atoms with Crippen LogP contribution in [0.15, 0.2) is 18.6 Å². The average molecular weight is 431 g/mol. The number of nitrogens with zero attached hydrogens (tertiary/aromatic N) is 4. The molecular formula is C15H22IN5S. The van der Waals surface area contributed by atoms with E-state index in [1.54, 1.807) is 15.4 Å². The van der Waals surface area contributed by atoms with Gasteiger partial charge in [-0.05, 0) is 43.8 Å². The van der Waals surface area contributed by atoms with Crippen LogP contribution in [0.3, 0.4) is 0 Å². The smallest absolute Gasteiger partial charge is 0.156 e. The third-order valence-electron chi connectivity index (χ3n) is 4.55. The molecule has 2 aromatic heterocycles. The molecule has 0 aromatic carbocycles. The summed E-state index contributed by atoms with van der Waals surface area (Å²) in [6.07, 6.45) is 8.09. The highest BCUT2D eigenvalue weighted by Gasteiger charge is 2.30. The van der Waals surface area contributed by atoms with Crippen molar-refractivity contribution in [1.82, 2.24) is 19.3 Å². The van der Waals surface area contributed by atoms with Crippen LogP contribution in [0.5, 0.6) is 0 Å². The Hall–Kier alpha value is -0.540. The molecule has 0 bridgehead atoms. The van der Waals surface area contributed by atoms with Gasteiger partial charge in [-0.25, -0.2) is 9.97 Å². The van der Waals surface area contributed by atoms with Crippen molar-refractivity contribution in [3.63, 3.8) is 0 Å². The molecule has 5 nitrogen and oxygen atoms in total. The Morgan fingerprint density at radius 2 is 2.00 bits per heavy atom. The van der Waals surface area contributed by atoms with Gasteiger partial charge < -0.3 is 10.2 Å². The fourth-order valence-corrected chi connectivity index (χ4v) is 4.70. The lowest BCUT2D eigenvalue weighted by atomic mass is 10.0. The van der Waals surface area contributed by atoms with Gasteiger partial charge in [-0.2, -0.15) is 0 Å². The molecule has 1 aliphatic carbocycles. The predicted molar refractivity (Wildman–Crippen MR) is 103 cm³/mol. The zero-order valence-electron chi connectivity index (χ0n) is 13.0. The Balaban J connectivity index is 0.000000151. The lowest BCUT2D eigenvalue weighted by Gasteiger charge is -2.11. The molecule has 1 N–H and O–H groups in total. The summed E-state index contributed by atoms with van der Waals surface area (Å²) in [4.78, 5) is 10.5. The Bertz CT molecular complexity index is 609. The quantitative estimate of drug-likeness (QED) is 0.740. The van der Waals surface area contributed by atoms with Crippen LogP contribution in [0.1, 0.15) is 19.3 Å². The fourth-order valence-electron chi connectivity index (χ4n) is 3.43. The molecule has 120 valence electrons. The maximum absolute atomic E-state index is 4.25. The number of rotatable bonds is 2. The number of nitrogens with one attached hydrogen (secondary N) is 1. The Labute approximate surface area is 148 Å². The second kappa shape index (κ2) is 7.35. The summed E-state index contributed by atoms with van der Waals surface area (Å²) in [5, 5.41) is 4.51. The lowest BCUT2D eigenvalue weighted by molar-refractivity contribution is 0.494. The van der Waals surface area contributed by atoms with Gasteiger partial charge in [0, 0.05) is 50.6 Å². The molecule has 0 amide bonds. The summed E-state index contributed by atoms with van der Waals surface area (Å²) in [6.45, 7) is 2.62. The minimum absolute atomic E-state index is 0.958. The monoisotopic (exact) mass is 431 g/mol. The van der Waals surface area contributed by atoms with E-state index in [2.05, 4.69) is 36.5 Å². The van der Waals surface area contributed by atoms with Gasteiger partial charge in [0.05, 0.1) is 5.39 Å². The van der Waals surface area contributed by atoms with Crippen LogP contribution in [0.25, 0.3) is 11.0 Å². The normalized spacial score (nSPS) is 23.2. The van der Waals surface area contributed by atoms with E-state index >= 15 is 0 Å². The average Bonchev–Trinajstić information content (AvgIpc) is 3.22. The van der Waals surface area contributed by atoms with Crippen molar-refractivity contribution in [2.75, 3.05) is 32.1 Å². The molecule has 1 saturated heterocycles. The van der Waals surface area contributed by atoms with E-state index in [0.717, 1.165) is 28.7 Å². The highest BCUT2D eigenvalue weighted by atomic mass is 127. The minimum atomic E-state index is 0.958. The van der Waals surface area contributed by atoms with Crippen LogP contribution >= 0.6 is 30.3 Å². The molecular weight excluding hydrogens is 409 g/mol. The molecule has 0 spiro atoms. The Kier molecular flexibility index (Phi) is 5.46. The maximum Gasteiger partial charge on any atom is 0.156 e. The summed E-state index contributed by atoms with van der Waals surface area (Å²) in [6, 6.07) is 2.04. The summed E-state index contributed by atoms with van der Waals surface area (Å²) in [5.74, 6) is 3.09. The number of hydrogen-bond acceptors (Lipinski definition) is 5. The van der Waals surface area contributed by atoms with Crippen molar-refractivity contribution >= 4 is 47.2 Å². The first-order valence-corrected chi connectivity index (χ1v) is 11.0. The third-order valence-corrected chi connectivity index (χ3v) is 6.27. The van der Waals surface area contributed by atoms with Gasteiger partial charge in [-0.3, -0.25) is 3.97 Å². The first-order chi connectivity index (χ1) is 10.7. The van der Waals surface area contributed by atoms with E-state index in [1.165, 1.54) is 32.4 Å². The highest BCUT2D eigenvalue weighted by Crippen LogP contribution is 2.33. The third kappa shape index (κ3) is 3.35. The molecule has 0 unspecified atom stereocenters. The summed E-state index contributed by atoms with van der Waals surface area (Å²) >= 11 is 2.23. The van der Waals surface area contributed by atoms with Crippen molar-refractivity contribution in [3.05, 3.63) is 18.6 Å². The second-order valence-corrected chi connectivity index (χ2v) is 7.86. The number of hydrogen-bond donors (Lipinski definition) is 1. The number of aromatic nitrogens is 3. The van der Waals surface area contributed by atoms with Gasteiger partial charge in [0.25, 0.3) is 0 Å². The Morgan fingerprint density at radius 1 is 1.27 bits per heavy atom. The Morgan fingerprint density at radius 3 is 2.64 bits per heavy atom. The summed E-state index contributed by atoms with van der Waals surface area (Å²) in [5.41, 5.74) is 0.961. The van der Waals surface area contributed by atoms with Gasteiger partial charge in [0.15, 0.2) is 5.65 Å². The van der Waals surface area contributed by atoms with Gasteiger partial charge in [-0.1, -0.05) is 6.42 Å². The number of anilines is 1.